The van der Waals surface area contributed by atoms with Gasteiger partial charge in [0.2, 0.25) is 0 Å². The Morgan fingerprint density at radius 3 is 2.44 bits per heavy atom. The van der Waals surface area contributed by atoms with Gasteiger partial charge in [-0.15, -0.1) is 0 Å². The molecule has 182 valence electrons. The lowest BCUT2D eigenvalue weighted by atomic mass is 10.0. The smallest absolute Gasteiger partial charge is 0.266 e. The van der Waals surface area contributed by atoms with Gasteiger partial charge in [-0.2, -0.15) is 4.31 Å². The Balaban J connectivity index is 1.71. The van der Waals surface area contributed by atoms with Gasteiger partial charge < -0.3 is 10.2 Å². The lowest BCUT2D eigenvalue weighted by molar-refractivity contribution is 0.146. The van der Waals surface area contributed by atoms with Gasteiger partial charge in [-0.05, 0) is 27.0 Å². The summed E-state index contributed by atoms with van der Waals surface area (Å²) in [5, 5.41) is 3.27. The third-order valence-electron chi connectivity index (χ3n) is 5.85. The van der Waals surface area contributed by atoms with Crippen LogP contribution in [0.3, 0.4) is 0 Å². The molecule has 2 aromatic heterocycles. The summed E-state index contributed by atoms with van der Waals surface area (Å²) in [6.45, 7) is 5.20. The minimum absolute atomic E-state index is 0.0431. The molecular formula is C22H25F3N6O2S. The average Bonchev–Trinajstić information content (AvgIpc) is 2.78. The van der Waals surface area contributed by atoms with Crippen molar-refractivity contribution in [1.82, 2.24) is 24.2 Å². The molecule has 1 aromatic carbocycles. The molecule has 3 aromatic rings. The van der Waals surface area contributed by atoms with Crippen LogP contribution >= 0.6 is 0 Å². The Labute approximate surface area is 195 Å². The SMILES string of the molecule is Cc1nc(N[C@H](C)c2cccc(C(F)F)c2F)c2cc(S(=O)(=O)N3CCN(C)CC3)ncc2n1. The topological polar surface area (TPSA) is 91.3 Å². The number of anilines is 1. The number of aromatic nitrogens is 3. The first kappa shape index (κ1) is 24.3. The van der Waals surface area contributed by atoms with Gasteiger partial charge in [0.1, 0.15) is 17.5 Å². The van der Waals surface area contributed by atoms with Gasteiger partial charge in [0, 0.05) is 37.1 Å². The second-order valence-corrected chi connectivity index (χ2v) is 10.2. The van der Waals surface area contributed by atoms with Gasteiger partial charge in [0.05, 0.1) is 23.3 Å². The fraction of sp³-hybridized carbons (Fsp3) is 0.409. The van der Waals surface area contributed by atoms with Crippen LogP contribution < -0.4 is 5.32 Å². The molecule has 8 nitrogen and oxygen atoms in total. The highest BCUT2D eigenvalue weighted by molar-refractivity contribution is 7.89. The van der Waals surface area contributed by atoms with Crippen LogP contribution in [-0.4, -0.2) is 65.8 Å². The number of piperazine rings is 1. The van der Waals surface area contributed by atoms with E-state index in [1.165, 1.54) is 28.7 Å². The number of fused-ring (bicyclic) bond motifs is 1. The van der Waals surface area contributed by atoms with Crippen LogP contribution in [-0.2, 0) is 10.0 Å². The number of pyridine rings is 1. The zero-order valence-electron chi connectivity index (χ0n) is 19.0. The second kappa shape index (κ2) is 9.43. The lowest BCUT2D eigenvalue weighted by Gasteiger charge is -2.31. The van der Waals surface area contributed by atoms with E-state index in [9.17, 15) is 21.6 Å². The number of aryl methyl sites for hydroxylation is 1. The normalized spacial score (nSPS) is 16.8. The number of halogens is 3. The molecule has 1 aliphatic heterocycles. The molecule has 0 amide bonds. The number of alkyl halides is 2. The molecule has 1 fully saturated rings. The van der Waals surface area contributed by atoms with E-state index in [2.05, 4.69) is 20.3 Å². The first-order chi connectivity index (χ1) is 16.1. The van der Waals surface area contributed by atoms with E-state index in [4.69, 9.17) is 0 Å². The van der Waals surface area contributed by atoms with Crippen molar-refractivity contribution in [2.24, 2.45) is 0 Å². The molecule has 3 heterocycles. The number of hydrogen-bond acceptors (Lipinski definition) is 7. The van der Waals surface area contributed by atoms with Crippen molar-refractivity contribution >= 4 is 26.7 Å². The van der Waals surface area contributed by atoms with Crippen LogP contribution in [0.5, 0.6) is 0 Å². The summed E-state index contributed by atoms with van der Waals surface area (Å²) in [4.78, 5) is 14.9. The maximum atomic E-state index is 14.7. The Bertz CT molecular complexity index is 1310. The van der Waals surface area contributed by atoms with Crippen LogP contribution in [0, 0.1) is 12.7 Å². The molecule has 0 aliphatic carbocycles. The van der Waals surface area contributed by atoms with Crippen LogP contribution in [0.25, 0.3) is 10.9 Å². The summed E-state index contributed by atoms with van der Waals surface area (Å²) in [7, 11) is -1.91. The Morgan fingerprint density at radius 2 is 1.76 bits per heavy atom. The van der Waals surface area contributed by atoms with E-state index >= 15 is 0 Å². The van der Waals surface area contributed by atoms with Crippen LogP contribution in [0.1, 0.15) is 36.3 Å². The molecule has 1 N–H and O–H groups in total. The first-order valence-corrected chi connectivity index (χ1v) is 12.2. The Hall–Kier alpha value is -2.83. The number of nitrogens with zero attached hydrogens (tertiary/aromatic N) is 5. The fourth-order valence-corrected chi connectivity index (χ4v) is 5.26. The van der Waals surface area contributed by atoms with E-state index in [0.717, 1.165) is 6.07 Å². The van der Waals surface area contributed by atoms with E-state index in [-0.39, 0.29) is 16.4 Å². The largest absolute Gasteiger partial charge is 0.363 e. The molecule has 12 heteroatoms. The molecule has 1 atom stereocenters. The molecule has 0 unspecified atom stereocenters. The van der Waals surface area contributed by atoms with Crippen molar-refractivity contribution in [2.75, 3.05) is 38.5 Å². The Kier molecular flexibility index (Phi) is 6.74. The highest BCUT2D eigenvalue weighted by Crippen LogP contribution is 2.31. The number of rotatable bonds is 6. The average molecular weight is 495 g/mol. The first-order valence-electron chi connectivity index (χ1n) is 10.7. The van der Waals surface area contributed by atoms with Crippen molar-refractivity contribution in [3.05, 3.63) is 53.2 Å². The molecule has 0 radical (unpaired) electrons. The van der Waals surface area contributed by atoms with Crippen molar-refractivity contribution in [2.45, 2.75) is 31.3 Å². The third kappa shape index (κ3) is 4.70. The molecule has 4 rings (SSSR count). The highest BCUT2D eigenvalue weighted by Gasteiger charge is 2.29. The monoisotopic (exact) mass is 494 g/mol. The fourth-order valence-electron chi connectivity index (χ4n) is 3.90. The van der Waals surface area contributed by atoms with Crippen molar-refractivity contribution in [1.29, 1.82) is 0 Å². The zero-order valence-corrected chi connectivity index (χ0v) is 19.8. The van der Waals surface area contributed by atoms with Crippen LogP contribution in [0.4, 0.5) is 19.0 Å². The maximum Gasteiger partial charge on any atom is 0.266 e. The number of likely N-dealkylation sites (N-methyl/N-ethyl adjacent to an activating group) is 1. The summed E-state index contributed by atoms with van der Waals surface area (Å²) in [5.41, 5.74) is -0.234. The zero-order chi connectivity index (χ0) is 24.6. The lowest BCUT2D eigenvalue weighted by Crippen LogP contribution is -2.47. The minimum atomic E-state index is -3.84. The minimum Gasteiger partial charge on any atom is -0.363 e. The van der Waals surface area contributed by atoms with Gasteiger partial charge in [0.25, 0.3) is 16.4 Å². The molecule has 1 saturated heterocycles. The molecule has 1 aliphatic rings. The van der Waals surface area contributed by atoms with Gasteiger partial charge in [0.15, 0.2) is 5.03 Å². The number of nitrogens with one attached hydrogen (secondary N) is 1. The maximum absolute atomic E-state index is 14.7. The van der Waals surface area contributed by atoms with E-state index in [1.54, 1.807) is 13.8 Å². The van der Waals surface area contributed by atoms with E-state index in [1.807, 2.05) is 11.9 Å². The summed E-state index contributed by atoms with van der Waals surface area (Å²) < 4.78 is 68.7. The van der Waals surface area contributed by atoms with Crippen molar-refractivity contribution in [3.63, 3.8) is 0 Å². The predicted molar refractivity (Wildman–Crippen MR) is 122 cm³/mol. The number of hydrogen-bond donors (Lipinski definition) is 1. The summed E-state index contributed by atoms with van der Waals surface area (Å²) in [5.74, 6) is -0.345. The van der Waals surface area contributed by atoms with Gasteiger partial charge in [-0.25, -0.2) is 36.5 Å². The summed E-state index contributed by atoms with van der Waals surface area (Å²) in [6, 6.07) is 4.49. The molecular weight excluding hydrogens is 469 g/mol. The third-order valence-corrected chi connectivity index (χ3v) is 7.65. The van der Waals surface area contributed by atoms with E-state index in [0.29, 0.717) is 42.9 Å². The number of benzene rings is 1. The summed E-state index contributed by atoms with van der Waals surface area (Å²) in [6.07, 6.45) is -1.58. The Morgan fingerprint density at radius 1 is 1.09 bits per heavy atom. The molecule has 0 saturated carbocycles. The second-order valence-electron chi connectivity index (χ2n) is 8.28. The van der Waals surface area contributed by atoms with Crippen molar-refractivity contribution < 1.29 is 21.6 Å². The van der Waals surface area contributed by atoms with Gasteiger partial charge in [-0.3, -0.25) is 0 Å². The van der Waals surface area contributed by atoms with Crippen LogP contribution in [0.2, 0.25) is 0 Å². The van der Waals surface area contributed by atoms with E-state index < -0.39 is 33.9 Å². The standard InChI is InChI=1S/C22H25F3N6O2S/c1-13(15-5-4-6-16(20(15)23)21(24)25)27-22-17-11-19(26-12-18(17)28-14(2)29-22)34(32,33)31-9-7-30(3)8-10-31/h4-6,11-13,21H,7-10H2,1-3H3,(H,27,28,29)/t13-/m1/s1. The molecule has 0 bridgehead atoms. The quantitative estimate of drug-likeness (QED) is 0.561. The highest BCUT2D eigenvalue weighted by atomic mass is 32.2. The number of sulfonamides is 1. The molecule has 0 spiro atoms. The van der Waals surface area contributed by atoms with Crippen molar-refractivity contribution in [3.8, 4) is 0 Å². The van der Waals surface area contributed by atoms with Gasteiger partial charge in [-0.1, -0.05) is 18.2 Å². The molecule has 34 heavy (non-hydrogen) atoms. The predicted octanol–water partition coefficient (Wildman–Crippen LogP) is 3.52. The van der Waals surface area contributed by atoms with Crippen LogP contribution in [0.15, 0.2) is 35.5 Å². The summed E-state index contributed by atoms with van der Waals surface area (Å²) >= 11 is 0. The van der Waals surface area contributed by atoms with Gasteiger partial charge >= 0.3 is 0 Å².